The standard InChI is InChI=1S/C12H14N4O2S/c17-11(18)2-1-9-8-19-12(14-9)16-6-5-15-4-3-13-10(15)7-16/h3-4,8H,1-2,5-7H2,(H,17,18). The van der Waals surface area contributed by atoms with Gasteiger partial charge in [-0.15, -0.1) is 11.3 Å². The minimum absolute atomic E-state index is 0.133. The number of hydrogen-bond donors (Lipinski definition) is 1. The highest BCUT2D eigenvalue weighted by molar-refractivity contribution is 7.13. The second kappa shape index (κ2) is 5.00. The van der Waals surface area contributed by atoms with Crippen molar-refractivity contribution in [1.82, 2.24) is 14.5 Å². The van der Waals surface area contributed by atoms with Gasteiger partial charge in [-0.2, -0.15) is 0 Å². The SMILES string of the molecule is O=C(O)CCc1csc(N2CCn3ccnc3C2)n1. The van der Waals surface area contributed by atoms with E-state index in [4.69, 9.17) is 5.11 Å². The Morgan fingerprint density at radius 1 is 1.47 bits per heavy atom. The molecule has 0 radical (unpaired) electrons. The van der Waals surface area contributed by atoms with Crippen LogP contribution in [0.25, 0.3) is 0 Å². The average Bonchev–Trinajstić information content (AvgIpc) is 3.04. The maximum Gasteiger partial charge on any atom is 0.303 e. The molecule has 0 amide bonds. The summed E-state index contributed by atoms with van der Waals surface area (Å²) in [6.45, 7) is 2.59. The van der Waals surface area contributed by atoms with E-state index >= 15 is 0 Å². The van der Waals surface area contributed by atoms with Gasteiger partial charge in [-0.1, -0.05) is 0 Å². The Kier molecular flexibility index (Phi) is 3.20. The summed E-state index contributed by atoms with van der Waals surface area (Å²) in [4.78, 5) is 21.6. The molecule has 1 aliphatic heterocycles. The van der Waals surface area contributed by atoms with Crippen LogP contribution >= 0.6 is 11.3 Å². The summed E-state index contributed by atoms with van der Waals surface area (Å²) < 4.78 is 2.15. The van der Waals surface area contributed by atoms with Gasteiger partial charge in [-0.25, -0.2) is 9.97 Å². The number of aromatic nitrogens is 3. The van der Waals surface area contributed by atoms with Gasteiger partial charge in [0, 0.05) is 37.3 Å². The molecular formula is C12H14N4O2S. The molecule has 7 heteroatoms. The van der Waals surface area contributed by atoms with Crippen molar-refractivity contribution in [2.75, 3.05) is 11.4 Å². The van der Waals surface area contributed by atoms with Gasteiger partial charge < -0.3 is 14.6 Å². The van der Waals surface area contributed by atoms with Crippen LogP contribution in [0.2, 0.25) is 0 Å². The Bertz CT molecular complexity index is 592. The van der Waals surface area contributed by atoms with E-state index in [1.54, 1.807) is 11.3 Å². The lowest BCUT2D eigenvalue weighted by Gasteiger charge is -2.27. The summed E-state index contributed by atoms with van der Waals surface area (Å²) in [6.07, 6.45) is 4.44. The van der Waals surface area contributed by atoms with Gasteiger partial charge in [0.25, 0.3) is 0 Å². The third-order valence-electron chi connectivity index (χ3n) is 3.15. The number of aliphatic carboxylic acids is 1. The number of hydrogen-bond acceptors (Lipinski definition) is 5. The average molecular weight is 278 g/mol. The Morgan fingerprint density at radius 3 is 3.21 bits per heavy atom. The first-order valence-electron chi connectivity index (χ1n) is 6.13. The van der Waals surface area contributed by atoms with Gasteiger partial charge in [0.05, 0.1) is 18.7 Å². The Morgan fingerprint density at radius 2 is 2.37 bits per heavy atom. The lowest BCUT2D eigenvalue weighted by atomic mass is 10.2. The fourth-order valence-electron chi connectivity index (χ4n) is 2.13. The summed E-state index contributed by atoms with van der Waals surface area (Å²) >= 11 is 1.57. The monoisotopic (exact) mass is 278 g/mol. The molecule has 0 aliphatic carbocycles. The number of aryl methyl sites for hydroxylation is 1. The molecule has 6 nitrogen and oxygen atoms in total. The maximum absolute atomic E-state index is 10.5. The number of anilines is 1. The van der Waals surface area contributed by atoms with E-state index in [1.165, 1.54) is 0 Å². The second-order valence-electron chi connectivity index (χ2n) is 4.47. The number of rotatable bonds is 4. The molecule has 19 heavy (non-hydrogen) atoms. The summed E-state index contributed by atoms with van der Waals surface area (Å²) in [6, 6.07) is 0. The molecule has 0 saturated heterocycles. The molecular weight excluding hydrogens is 264 g/mol. The number of nitrogens with zero attached hydrogens (tertiary/aromatic N) is 4. The molecule has 2 aromatic rings. The van der Waals surface area contributed by atoms with E-state index in [9.17, 15) is 4.79 Å². The van der Waals surface area contributed by atoms with E-state index in [2.05, 4.69) is 19.4 Å². The predicted octanol–water partition coefficient (Wildman–Crippen LogP) is 1.38. The zero-order valence-corrected chi connectivity index (χ0v) is 11.1. The third-order valence-corrected chi connectivity index (χ3v) is 4.10. The van der Waals surface area contributed by atoms with Crippen LogP contribution in [0.4, 0.5) is 5.13 Å². The summed E-state index contributed by atoms with van der Waals surface area (Å²) in [7, 11) is 0. The molecule has 3 rings (SSSR count). The molecule has 1 aliphatic rings. The van der Waals surface area contributed by atoms with Crippen LogP contribution in [0.5, 0.6) is 0 Å². The van der Waals surface area contributed by atoms with E-state index in [-0.39, 0.29) is 6.42 Å². The lowest BCUT2D eigenvalue weighted by molar-refractivity contribution is -0.136. The number of imidazole rings is 1. The summed E-state index contributed by atoms with van der Waals surface area (Å²) in [5.41, 5.74) is 0.858. The van der Waals surface area contributed by atoms with Crippen LogP contribution in [0.3, 0.4) is 0 Å². The number of carboxylic acids is 1. The highest BCUT2D eigenvalue weighted by Crippen LogP contribution is 2.24. The van der Waals surface area contributed by atoms with Crippen LogP contribution in [0.15, 0.2) is 17.8 Å². The minimum atomic E-state index is -0.783. The Balaban J connectivity index is 1.68. The number of carbonyl (C=O) groups is 1. The fraction of sp³-hybridized carbons (Fsp3) is 0.417. The largest absolute Gasteiger partial charge is 0.481 e. The van der Waals surface area contributed by atoms with E-state index in [1.807, 2.05) is 17.8 Å². The van der Waals surface area contributed by atoms with E-state index in [0.29, 0.717) is 6.42 Å². The van der Waals surface area contributed by atoms with Crippen molar-refractivity contribution < 1.29 is 9.90 Å². The molecule has 0 spiro atoms. The van der Waals surface area contributed by atoms with Crippen LogP contribution in [-0.4, -0.2) is 32.2 Å². The van der Waals surface area contributed by atoms with Crippen LogP contribution in [0, 0.1) is 0 Å². The Labute approximate surface area is 114 Å². The molecule has 0 atom stereocenters. The van der Waals surface area contributed by atoms with Crippen LogP contribution in [-0.2, 0) is 24.3 Å². The topological polar surface area (TPSA) is 71.2 Å². The van der Waals surface area contributed by atoms with Crippen LogP contribution in [0.1, 0.15) is 17.9 Å². The number of fused-ring (bicyclic) bond motifs is 1. The smallest absolute Gasteiger partial charge is 0.303 e. The lowest BCUT2D eigenvalue weighted by Crippen LogP contribution is -2.33. The molecule has 0 fully saturated rings. The first-order chi connectivity index (χ1) is 9.22. The molecule has 0 unspecified atom stereocenters. The molecule has 0 aromatic carbocycles. The fourth-order valence-corrected chi connectivity index (χ4v) is 3.01. The highest BCUT2D eigenvalue weighted by Gasteiger charge is 2.19. The van der Waals surface area contributed by atoms with Crippen molar-refractivity contribution in [1.29, 1.82) is 0 Å². The molecule has 0 bridgehead atoms. The van der Waals surface area contributed by atoms with Crippen molar-refractivity contribution in [3.05, 3.63) is 29.3 Å². The van der Waals surface area contributed by atoms with Crippen molar-refractivity contribution in [2.24, 2.45) is 0 Å². The number of thiazole rings is 1. The summed E-state index contributed by atoms with van der Waals surface area (Å²) in [5.74, 6) is 0.267. The summed E-state index contributed by atoms with van der Waals surface area (Å²) in [5, 5.41) is 11.6. The first kappa shape index (κ1) is 12.2. The van der Waals surface area contributed by atoms with Gasteiger partial charge in [0.2, 0.25) is 0 Å². The van der Waals surface area contributed by atoms with Crippen LogP contribution < -0.4 is 4.90 Å². The van der Waals surface area contributed by atoms with E-state index in [0.717, 1.165) is 36.3 Å². The number of carboxylic acid groups (broad SMARTS) is 1. The normalized spacial score (nSPS) is 14.4. The van der Waals surface area contributed by atoms with Gasteiger partial charge in [-0.05, 0) is 0 Å². The minimum Gasteiger partial charge on any atom is -0.481 e. The zero-order chi connectivity index (χ0) is 13.2. The molecule has 1 N–H and O–H groups in total. The Hall–Kier alpha value is -1.89. The highest BCUT2D eigenvalue weighted by atomic mass is 32.1. The molecule has 2 aromatic heterocycles. The van der Waals surface area contributed by atoms with Crippen molar-refractivity contribution in [2.45, 2.75) is 25.9 Å². The maximum atomic E-state index is 10.5. The van der Waals surface area contributed by atoms with Gasteiger partial charge in [-0.3, -0.25) is 4.79 Å². The quantitative estimate of drug-likeness (QED) is 0.914. The van der Waals surface area contributed by atoms with Gasteiger partial charge >= 0.3 is 5.97 Å². The van der Waals surface area contributed by atoms with Crippen molar-refractivity contribution in [3.63, 3.8) is 0 Å². The molecule has 0 saturated carbocycles. The van der Waals surface area contributed by atoms with Gasteiger partial charge in [0.1, 0.15) is 5.82 Å². The van der Waals surface area contributed by atoms with Crippen molar-refractivity contribution >= 4 is 22.4 Å². The molecule has 100 valence electrons. The molecule has 3 heterocycles. The van der Waals surface area contributed by atoms with E-state index < -0.39 is 5.97 Å². The predicted molar refractivity (Wildman–Crippen MR) is 71.3 cm³/mol. The second-order valence-corrected chi connectivity index (χ2v) is 5.31. The zero-order valence-electron chi connectivity index (χ0n) is 10.3. The van der Waals surface area contributed by atoms with Crippen molar-refractivity contribution in [3.8, 4) is 0 Å². The first-order valence-corrected chi connectivity index (χ1v) is 7.01. The third kappa shape index (κ3) is 2.60. The van der Waals surface area contributed by atoms with Gasteiger partial charge in [0.15, 0.2) is 5.13 Å².